The van der Waals surface area contributed by atoms with Gasteiger partial charge in [-0.15, -0.1) is 12.4 Å². The molecule has 5 rings (SSSR count). The van der Waals surface area contributed by atoms with E-state index in [1.165, 1.54) is 4.90 Å². The third-order valence-electron chi connectivity index (χ3n) is 5.83. The van der Waals surface area contributed by atoms with Crippen molar-refractivity contribution in [2.24, 2.45) is 0 Å². The van der Waals surface area contributed by atoms with E-state index in [-0.39, 0.29) is 25.0 Å². The zero-order chi connectivity index (χ0) is 22.3. The number of carbonyl (C=O) groups is 1. The topological polar surface area (TPSA) is 58.1 Å². The van der Waals surface area contributed by atoms with Crippen LogP contribution in [0.4, 0.5) is 19.0 Å². The van der Waals surface area contributed by atoms with E-state index in [0.29, 0.717) is 6.04 Å². The molecule has 5 nitrogen and oxygen atoms in total. The minimum Gasteiger partial charge on any atom is -0.367 e. The number of benzene rings is 2. The number of nitrogens with zero attached hydrogens (tertiary/aromatic N) is 3. The van der Waals surface area contributed by atoms with E-state index in [4.69, 9.17) is 0 Å². The van der Waals surface area contributed by atoms with Gasteiger partial charge in [-0.1, -0.05) is 24.3 Å². The normalized spacial score (nSPS) is 15.7. The molecule has 0 spiro atoms. The van der Waals surface area contributed by atoms with Gasteiger partial charge in [0.2, 0.25) is 5.91 Å². The van der Waals surface area contributed by atoms with Gasteiger partial charge in [-0.3, -0.25) is 4.79 Å². The minimum atomic E-state index is -4.49. The first-order valence-corrected chi connectivity index (χ1v) is 10.8. The van der Waals surface area contributed by atoms with Gasteiger partial charge in [-0.25, -0.2) is 9.97 Å². The van der Waals surface area contributed by atoms with Crippen LogP contribution in [0.1, 0.15) is 37.7 Å². The third-order valence-corrected chi connectivity index (χ3v) is 5.83. The molecule has 0 saturated heterocycles. The van der Waals surface area contributed by atoms with Gasteiger partial charge in [0, 0.05) is 24.0 Å². The second-order valence-electron chi connectivity index (χ2n) is 8.62. The summed E-state index contributed by atoms with van der Waals surface area (Å²) in [6.07, 6.45) is -0.571. The molecule has 2 saturated carbocycles. The minimum absolute atomic E-state index is 0. The van der Waals surface area contributed by atoms with Crippen LogP contribution < -0.4 is 5.32 Å². The molecule has 2 fully saturated rings. The highest BCUT2D eigenvalue weighted by molar-refractivity contribution is 5.92. The van der Waals surface area contributed by atoms with Gasteiger partial charge in [-0.2, -0.15) is 13.2 Å². The van der Waals surface area contributed by atoms with Crippen LogP contribution >= 0.6 is 12.4 Å². The van der Waals surface area contributed by atoms with Gasteiger partial charge in [0.25, 0.3) is 0 Å². The summed E-state index contributed by atoms with van der Waals surface area (Å²) in [5.74, 6) is -0.0443. The first-order chi connectivity index (χ1) is 15.4. The highest BCUT2D eigenvalue weighted by Crippen LogP contribution is 2.33. The number of amides is 1. The maximum atomic E-state index is 12.8. The van der Waals surface area contributed by atoms with Crippen molar-refractivity contribution in [3.8, 4) is 11.1 Å². The van der Waals surface area contributed by atoms with Crippen molar-refractivity contribution >= 4 is 35.0 Å². The van der Waals surface area contributed by atoms with Gasteiger partial charge in [0.15, 0.2) is 0 Å². The van der Waals surface area contributed by atoms with Crippen molar-refractivity contribution in [3.05, 3.63) is 54.4 Å². The molecule has 0 radical (unpaired) electrons. The second-order valence-corrected chi connectivity index (χ2v) is 8.62. The smallest absolute Gasteiger partial charge is 0.367 e. The number of hydrogen-bond acceptors (Lipinski definition) is 4. The summed E-state index contributed by atoms with van der Waals surface area (Å²) in [6.45, 7) is 0.179. The van der Waals surface area contributed by atoms with Crippen LogP contribution in [0.15, 0.2) is 48.8 Å². The molecule has 1 amide bonds. The van der Waals surface area contributed by atoms with Crippen molar-refractivity contribution in [2.45, 2.75) is 56.9 Å². The fourth-order valence-electron chi connectivity index (χ4n) is 3.90. The van der Waals surface area contributed by atoms with Gasteiger partial charge in [-0.05, 0) is 60.6 Å². The monoisotopic (exact) mass is 476 g/mol. The van der Waals surface area contributed by atoms with Gasteiger partial charge in [0.05, 0.1) is 5.52 Å². The number of alkyl halides is 3. The molecule has 0 unspecified atom stereocenters. The first-order valence-electron chi connectivity index (χ1n) is 10.8. The molecule has 9 heteroatoms. The Bertz CT molecular complexity index is 1160. The molecule has 1 heterocycles. The fraction of sp³-hybridized carbons (Fsp3) is 0.375. The number of nitrogens with one attached hydrogen (secondary N) is 1. The number of fused-ring (bicyclic) bond motifs is 1. The Morgan fingerprint density at radius 1 is 1.03 bits per heavy atom. The Morgan fingerprint density at radius 2 is 1.79 bits per heavy atom. The number of hydrogen-bond donors (Lipinski definition) is 1. The molecular formula is C24H24ClF3N4O. The van der Waals surface area contributed by atoms with Crippen LogP contribution in [0.3, 0.4) is 0 Å². The van der Waals surface area contributed by atoms with E-state index < -0.39 is 18.5 Å². The van der Waals surface area contributed by atoms with E-state index in [1.54, 1.807) is 6.33 Å². The second kappa shape index (κ2) is 9.17. The number of rotatable bonds is 7. The predicted octanol–water partition coefficient (Wildman–Crippen LogP) is 5.74. The average Bonchev–Trinajstić information content (AvgIpc) is 3.66. The Labute approximate surface area is 195 Å². The fourth-order valence-corrected chi connectivity index (χ4v) is 3.90. The van der Waals surface area contributed by atoms with Crippen LogP contribution in [-0.4, -0.2) is 39.0 Å². The number of halogens is 4. The molecule has 2 aliphatic carbocycles. The van der Waals surface area contributed by atoms with Crippen molar-refractivity contribution in [1.82, 2.24) is 14.9 Å². The van der Waals surface area contributed by atoms with E-state index in [2.05, 4.69) is 15.3 Å². The number of anilines is 1. The lowest BCUT2D eigenvalue weighted by Gasteiger charge is -2.23. The van der Waals surface area contributed by atoms with Crippen molar-refractivity contribution in [1.29, 1.82) is 0 Å². The lowest BCUT2D eigenvalue weighted by Crippen LogP contribution is -2.35. The van der Waals surface area contributed by atoms with E-state index in [9.17, 15) is 18.0 Å². The van der Waals surface area contributed by atoms with Crippen molar-refractivity contribution < 1.29 is 18.0 Å². The Kier molecular flexibility index (Phi) is 6.47. The average molecular weight is 477 g/mol. The largest absolute Gasteiger partial charge is 0.397 e. The number of carbonyl (C=O) groups excluding carboxylic acids is 1. The molecule has 174 valence electrons. The summed E-state index contributed by atoms with van der Waals surface area (Å²) < 4.78 is 38.3. The van der Waals surface area contributed by atoms with Crippen LogP contribution in [0.2, 0.25) is 0 Å². The Morgan fingerprint density at radius 3 is 2.48 bits per heavy atom. The molecule has 2 aromatic carbocycles. The molecule has 1 aromatic heterocycles. The van der Waals surface area contributed by atoms with E-state index in [1.807, 2.05) is 42.5 Å². The van der Waals surface area contributed by atoms with E-state index in [0.717, 1.165) is 59.1 Å². The van der Waals surface area contributed by atoms with Gasteiger partial charge < -0.3 is 10.2 Å². The van der Waals surface area contributed by atoms with Crippen LogP contribution in [0, 0.1) is 0 Å². The molecule has 1 N–H and O–H groups in total. The molecule has 3 aromatic rings. The van der Waals surface area contributed by atoms with Crippen LogP contribution in [-0.2, 0) is 11.3 Å². The standard InChI is InChI=1S/C24H23F3N4O.ClH/c25-24(26,27)12-22(32)31(19-7-8-19)13-15-2-1-3-16(10-15)17-4-9-21-20(11-17)23(29-14-28-21)30-18-5-6-18;/h1-4,9-11,14,18-19H,5-8,12-13H2,(H,28,29,30);1H. The highest BCUT2D eigenvalue weighted by Gasteiger charge is 2.38. The summed E-state index contributed by atoms with van der Waals surface area (Å²) in [5.41, 5.74) is 3.56. The summed E-state index contributed by atoms with van der Waals surface area (Å²) in [5, 5.41) is 4.37. The highest BCUT2D eigenvalue weighted by atomic mass is 35.5. The summed E-state index contributed by atoms with van der Waals surface area (Å²) in [4.78, 5) is 22.4. The molecule has 0 aliphatic heterocycles. The van der Waals surface area contributed by atoms with Crippen LogP contribution in [0.25, 0.3) is 22.0 Å². The molecule has 2 aliphatic rings. The zero-order valence-electron chi connectivity index (χ0n) is 17.8. The van der Waals surface area contributed by atoms with E-state index >= 15 is 0 Å². The SMILES string of the molecule is Cl.O=C(CC(F)(F)F)N(Cc1cccc(-c2ccc3ncnc(NC4CC4)c3c2)c1)C1CC1. The summed E-state index contributed by atoms with van der Waals surface area (Å²) >= 11 is 0. The maximum Gasteiger partial charge on any atom is 0.397 e. The van der Waals surface area contributed by atoms with Crippen molar-refractivity contribution in [2.75, 3.05) is 5.32 Å². The molecule has 0 atom stereocenters. The lowest BCUT2D eigenvalue weighted by molar-refractivity contribution is -0.162. The lowest BCUT2D eigenvalue weighted by atomic mass is 10.0. The Balaban J connectivity index is 0.00000259. The zero-order valence-corrected chi connectivity index (χ0v) is 18.6. The van der Waals surface area contributed by atoms with Gasteiger partial charge in [0.1, 0.15) is 18.6 Å². The predicted molar refractivity (Wildman–Crippen MR) is 123 cm³/mol. The quantitative estimate of drug-likeness (QED) is 0.472. The molecular weight excluding hydrogens is 453 g/mol. The molecule has 0 bridgehead atoms. The molecule has 33 heavy (non-hydrogen) atoms. The number of aromatic nitrogens is 2. The van der Waals surface area contributed by atoms with Crippen molar-refractivity contribution in [3.63, 3.8) is 0 Å². The summed E-state index contributed by atoms with van der Waals surface area (Å²) in [7, 11) is 0. The third kappa shape index (κ3) is 5.74. The first kappa shape index (κ1) is 23.3. The Hall–Kier alpha value is -2.87. The van der Waals surface area contributed by atoms with Gasteiger partial charge >= 0.3 is 6.18 Å². The summed E-state index contributed by atoms with van der Waals surface area (Å²) in [6, 6.07) is 13.9. The van der Waals surface area contributed by atoms with Crippen LogP contribution in [0.5, 0.6) is 0 Å². The maximum absolute atomic E-state index is 12.8.